The van der Waals surface area contributed by atoms with Crippen molar-refractivity contribution in [2.24, 2.45) is 0 Å². The van der Waals surface area contributed by atoms with Crippen LogP contribution in [-0.2, 0) is 6.54 Å². The van der Waals surface area contributed by atoms with E-state index in [4.69, 9.17) is 10.2 Å². The number of fused-ring (bicyclic) bond motifs is 1. The number of aromatic carboxylic acids is 1. The van der Waals surface area contributed by atoms with E-state index >= 15 is 0 Å². The molecular formula is C10H10N2O3. The Balaban J connectivity index is 2.67. The molecule has 78 valence electrons. The van der Waals surface area contributed by atoms with E-state index in [2.05, 4.69) is 5.10 Å². The summed E-state index contributed by atoms with van der Waals surface area (Å²) in [7, 11) is 0. The van der Waals surface area contributed by atoms with Gasteiger partial charge in [-0.2, -0.15) is 5.10 Å². The number of aromatic nitrogens is 2. The zero-order valence-electron chi connectivity index (χ0n) is 7.92. The molecule has 1 aromatic carbocycles. The van der Waals surface area contributed by atoms with Gasteiger partial charge in [0.05, 0.1) is 18.7 Å². The van der Waals surface area contributed by atoms with Gasteiger partial charge in [-0.05, 0) is 6.07 Å². The Morgan fingerprint density at radius 1 is 1.40 bits per heavy atom. The van der Waals surface area contributed by atoms with E-state index in [9.17, 15) is 4.79 Å². The van der Waals surface area contributed by atoms with Gasteiger partial charge in [0.15, 0.2) is 5.69 Å². The third-order valence-corrected chi connectivity index (χ3v) is 2.17. The lowest BCUT2D eigenvalue weighted by molar-refractivity contribution is 0.0691. The molecule has 2 N–H and O–H groups in total. The normalized spacial score (nSPS) is 10.7. The Bertz CT molecular complexity index is 504. The first kappa shape index (κ1) is 9.67. The van der Waals surface area contributed by atoms with Gasteiger partial charge < -0.3 is 10.2 Å². The lowest BCUT2D eigenvalue weighted by atomic mass is 10.2. The third kappa shape index (κ3) is 1.57. The number of hydrogen-bond acceptors (Lipinski definition) is 3. The van der Waals surface area contributed by atoms with E-state index < -0.39 is 5.97 Å². The maximum atomic E-state index is 10.9. The summed E-state index contributed by atoms with van der Waals surface area (Å²) >= 11 is 0. The summed E-state index contributed by atoms with van der Waals surface area (Å²) in [4.78, 5) is 10.9. The van der Waals surface area contributed by atoms with Gasteiger partial charge in [0, 0.05) is 5.39 Å². The molecule has 0 bridgehead atoms. The lowest BCUT2D eigenvalue weighted by Gasteiger charge is -1.98. The van der Waals surface area contributed by atoms with E-state index in [0.29, 0.717) is 11.9 Å². The van der Waals surface area contributed by atoms with Crippen molar-refractivity contribution in [2.75, 3.05) is 6.61 Å². The molecule has 0 fully saturated rings. The molecule has 2 rings (SSSR count). The monoisotopic (exact) mass is 206 g/mol. The summed E-state index contributed by atoms with van der Waals surface area (Å²) in [6.07, 6.45) is 0. The quantitative estimate of drug-likeness (QED) is 0.776. The molecule has 0 aliphatic rings. The third-order valence-electron chi connectivity index (χ3n) is 2.17. The topological polar surface area (TPSA) is 75.3 Å². The standard InChI is InChI=1S/C10H10N2O3/c13-6-5-12-8-4-2-1-3-7(8)9(11-12)10(14)15/h1-4,13H,5-6H2,(H,14,15). The van der Waals surface area contributed by atoms with E-state index in [-0.39, 0.29) is 12.3 Å². The molecule has 0 aliphatic carbocycles. The van der Waals surface area contributed by atoms with Gasteiger partial charge in [0.2, 0.25) is 0 Å². The molecule has 0 radical (unpaired) electrons. The smallest absolute Gasteiger partial charge is 0.357 e. The minimum absolute atomic E-state index is 0.0269. The fraction of sp³-hybridized carbons (Fsp3) is 0.200. The molecule has 5 heteroatoms. The molecule has 0 saturated heterocycles. The first-order valence-corrected chi connectivity index (χ1v) is 4.53. The number of hydrogen-bond donors (Lipinski definition) is 2. The average molecular weight is 206 g/mol. The first-order valence-electron chi connectivity index (χ1n) is 4.53. The van der Waals surface area contributed by atoms with Crippen molar-refractivity contribution in [3.63, 3.8) is 0 Å². The zero-order valence-corrected chi connectivity index (χ0v) is 7.92. The van der Waals surface area contributed by atoms with Crippen LogP contribution in [0.1, 0.15) is 10.5 Å². The highest BCUT2D eigenvalue weighted by Crippen LogP contribution is 2.17. The predicted octanol–water partition coefficient (Wildman–Crippen LogP) is 0.727. The van der Waals surface area contributed by atoms with Crippen LogP contribution >= 0.6 is 0 Å². The van der Waals surface area contributed by atoms with E-state index in [1.54, 1.807) is 18.2 Å². The maximum Gasteiger partial charge on any atom is 0.357 e. The Morgan fingerprint density at radius 2 is 2.13 bits per heavy atom. The van der Waals surface area contributed by atoms with Crippen molar-refractivity contribution in [2.45, 2.75) is 6.54 Å². The van der Waals surface area contributed by atoms with Crippen LogP contribution in [0.5, 0.6) is 0 Å². The lowest BCUT2D eigenvalue weighted by Crippen LogP contribution is -2.05. The Morgan fingerprint density at radius 3 is 2.80 bits per heavy atom. The minimum Gasteiger partial charge on any atom is -0.476 e. The van der Waals surface area contributed by atoms with Crippen molar-refractivity contribution >= 4 is 16.9 Å². The molecule has 15 heavy (non-hydrogen) atoms. The van der Waals surface area contributed by atoms with Crippen LogP contribution in [0.15, 0.2) is 24.3 Å². The number of para-hydroxylation sites is 1. The van der Waals surface area contributed by atoms with Gasteiger partial charge in [-0.15, -0.1) is 0 Å². The molecular weight excluding hydrogens is 196 g/mol. The first-order chi connectivity index (χ1) is 7.24. The second kappa shape index (κ2) is 3.70. The van der Waals surface area contributed by atoms with Crippen LogP contribution in [0.25, 0.3) is 10.9 Å². The molecule has 0 spiro atoms. The van der Waals surface area contributed by atoms with E-state index in [1.807, 2.05) is 6.07 Å². The average Bonchev–Trinajstić information content (AvgIpc) is 2.59. The van der Waals surface area contributed by atoms with E-state index in [0.717, 1.165) is 5.52 Å². The molecule has 0 saturated carbocycles. The number of carboxylic acids is 1. The number of benzene rings is 1. The SMILES string of the molecule is O=C(O)c1nn(CCO)c2ccccc12. The molecule has 2 aromatic rings. The highest BCUT2D eigenvalue weighted by molar-refractivity contribution is 6.01. The number of carbonyl (C=O) groups is 1. The van der Waals surface area contributed by atoms with Gasteiger partial charge in [-0.25, -0.2) is 4.79 Å². The van der Waals surface area contributed by atoms with Crippen LogP contribution in [0.4, 0.5) is 0 Å². The number of aliphatic hydroxyl groups is 1. The molecule has 0 amide bonds. The van der Waals surface area contributed by atoms with Crippen LogP contribution in [0.2, 0.25) is 0 Å². The Labute approximate surface area is 85.6 Å². The largest absolute Gasteiger partial charge is 0.476 e. The molecule has 1 aromatic heterocycles. The molecule has 0 atom stereocenters. The minimum atomic E-state index is -1.05. The van der Waals surface area contributed by atoms with Crippen molar-refractivity contribution in [1.29, 1.82) is 0 Å². The van der Waals surface area contributed by atoms with Crippen molar-refractivity contribution < 1.29 is 15.0 Å². The molecule has 5 nitrogen and oxygen atoms in total. The number of carboxylic acid groups (broad SMARTS) is 1. The summed E-state index contributed by atoms with van der Waals surface area (Å²) in [5, 5.41) is 22.3. The van der Waals surface area contributed by atoms with Gasteiger partial charge in [-0.3, -0.25) is 4.68 Å². The second-order valence-corrected chi connectivity index (χ2v) is 3.12. The summed E-state index contributed by atoms with van der Waals surface area (Å²) < 4.78 is 1.50. The number of nitrogens with zero attached hydrogens (tertiary/aromatic N) is 2. The number of aliphatic hydroxyl groups excluding tert-OH is 1. The van der Waals surface area contributed by atoms with E-state index in [1.165, 1.54) is 4.68 Å². The van der Waals surface area contributed by atoms with Gasteiger partial charge in [0.1, 0.15) is 0 Å². The fourth-order valence-electron chi connectivity index (χ4n) is 1.55. The summed E-state index contributed by atoms with van der Waals surface area (Å²) in [6.45, 7) is 0.235. The zero-order chi connectivity index (χ0) is 10.8. The predicted molar refractivity (Wildman–Crippen MR) is 53.8 cm³/mol. The highest BCUT2D eigenvalue weighted by Gasteiger charge is 2.14. The molecule has 0 aliphatic heterocycles. The van der Waals surface area contributed by atoms with Crippen LogP contribution < -0.4 is 0 Å². The summed E-state index contributed by atoms with van der Waals surface area (Å²) in [5.74, 6) is -1.05. The second-order valence-electron chi connectivity index (χ2n) is 3.12. The van der Waals surface area contributed by atoms with Crippen molar-refractivity contribution in [3.8, 4) is 0 Å². The van der Waals surface area contributed by atoms with Crippen molar-refractivity contribution in [1.82, 2.24) is 9.78 Å². The fourth-order valence-corrected chi connectivity index (χ4v) is 1.55. The molecule has 0 unspecified atom stereocenters. The van der Waals surface area contributed by atoms with Crippen LogP contribution in [0.3, 0.4) is 0 Å². The summed E-state index contributed by atoms with van der Waals surface area (Å²) in [5.41, 5.74) is 0.753. The van der Waals surface area contributed by atoms with Crippen LogP contribution in [-0.4, -0.2) is 32.6 Å². The maximum absolute atomic E-state index is 10.9. The van der Waals surface area contributed by atoms with Crippen LogP contribution in [0, 0.1) is 0 Å². The highest BCUT2D eigenvalue weighted by atomic mass is 16.4. The van der Waals surface area contributed by atoms with Gasteiger partial charge in [0.25, 0.3) is 0 Å². The molecule has 1 heterocycles. The Kier molecular flexibility index (Phi) is 2.39. The van der Waals surface area contributed by atoms with Crippen molar-refractivity contribution in [3.05, 3.63) is 30.0 Å². The summed E-state index contributed by atoms with van der Waals surface area (Å²) in [6, 6.07) is 7.06. The van der Waals surface area contributed by atoms with Gasteiger partial charge in [-0.1, -0.05) is 18.2 Å². The Hall–Kier alpha value is -1.88. The van der Waals surface area contributed by atoms with Gasteiger partial charge >= 0.3 is 5.97 Å². The number of rotatable bonds is 3.